The zero-order valence-electron chi connectivity index (χ0n) is 3.37. The maximum atomic E-state index is 4.05. The molecule has 0 atom stereocenters. The molecule has 0 aliphatic rings. The fourth-order valence-electron chi connectivity index (χ4n) is 0. The van der Waals surface area contributed by atoms with Crippen molar-refractivity contribution < 1.29 is 50.0 Å². The van der Waals surface area contributed by atoms with Crippen LogP contribution >= 0.6 is 63.6 Å². The van der Waals surface area contributed by atoms with Crippen molar-refractivity contribution >= 4 is 93.0 Å². The Morgan fingerprint density at radius 3 is 0.625 bits per heavy atom. The molecule has 0 fully saturated rings. The van der Waals surface area contributed by atoms with Gasteiger partial charge in [0.15, 0.2) is 0 Å². The van der Waals surface area contributed by atoms with Gasteiger partial charge in [0.05, 0.1) is 0 Å². The van der Waals surface area contributed by atoms with E-state index in [-0.39, 0.29) is 50.0 Å². The van der Waals surface area contributed by atoms with Crippen molar-refractivity contribution in [3.8, 4) is 0 Å². The topological polar surface area (TPSA) is 0 Å². The number of hydrogen-bond acceptors (Lipinski definition) is 3. The van der Waals surface area contributed by atoms with Crippen molar-refractivity contribution in [2.75, 3.05) is 0 Å². The average molecular weight is 785 g/mol. The van der Waals surface area contributed by atoms with Crippen molar-refractivity contribution in [2.45, 2.75) is 0 Å². The van der Waals surface area contributed by atoms with E-state index in [0.29, 0.717) is 0 Å². The molecule has 0 spiro atoms. The fraction of sp³-hybridized carbons (Fsp3) is 0. The van der Waals surface area contributed by atoms with Crippen LogP contribution in [-0.2, 0) is 79.4 Å². The summed E-state index contributed by atoms with van der Waals surface area (Å²) in [7, 11) is 12.2. The van der Waals surface area contributed by atoms with E-state index in [9.17, 15) is 0 Å². The molecule has 0 aliphatic heterocycles. The monoisotopic (exact) mass is 786 g/mol. The second-order valence-electron chi connectivity index (χ2n) is 0. The van der Waals surface area contributed by atoms with E-state index in [2.05, 4.69) is 29.4 Å². The molecule has 0 amide bonds. The molecule has 8 heavy (non-hydrogen) atoms. The molecule has 0 heterocycles. The smallest absolute Gasteiger partial charge is 0.713 e. The van der Waals surface area contributed by atoms with Crippen molar-refractivity contribution in [3.05, 3.63) is 0 Å². The molecule has 52 valence electrons. The number of hydrogen-bond donors (Lipinski definition) is 0. The minimum atomic E-state index is 0. The maximum absolute atomic E-state index is 4.05. The van der Waals surface area contributed by atoms with E-state index in [0.717, 1.165) is 0 Å². The first-order chi connectivity index (χ1) is 3.00. The van der Waals surface area contributed by atoms with E-state index >= 15 is 0 Å². The van der Waals surface area contributed by atoms with E-state index in [1.165, 1.54) is 0 Å². The van der Waals surface area contributed by atoms with Gasteiger partial charge in [-0.25, -0.2) is 0 Å². The third kappa shape index (κ3) is 44.4. The summed E-state index contributed by atoms with van der Waals surface area (Å²) in [6.45, 7) is 0. The van der Waals surface area contributed by atoms with Crippen molar-refractivity contribution in [1.29, 1.82) is 0 Å². The maximum Gasteiger partial charge on any atom is 2.00 e. The van der Waals surface area contributed by atoms with E-state index in [4.69, 9.17) is 0 Å². The normalized spacial score (nSPS) is 2.25. The van der Waals surface area contributed by atoms with Crippen LogP contribution < -0.4 is 0 Å². The summed E-state index contributed by atoms with van der Waals surface area (Å²) in [6, 6.07) is 0. The first kappa shape index (κ1) is 29.3. The molecule has 0 radical (unpaired) electrons. The van der Waals surface area contributed by atoms with Crippen LogP contribution in [0.25, 0.3) is 0 Å². The summed E-state index contributed by atoms with van der Waals surface area (Å²) in [4.78, 5) is 0. The van der Waals surface area contributed by atoms with Gasteiger partial charge in [-0.2, -0.15) is 0 Å². The van der Waals surface area contributed by atoms with Gasteiger partial charge >= 0.3 is 50.0 Å². The molecule has 0 saturated heterocycles. The molecular formula is AgHgI3S3. The molecule has 8 heteroatoms. The van der Waals surface area contributed by atoms with E-state index < -0.39 is 0 Å². The van der Waals surface area contributed by atoms with E-state index in [1.54, 1.807) is 63.6 Å². The third-order valence-electron chi connectivity index (χ3n) is 0. The van der Waals surface area contributed by atoms with Crippen LogP contribution in [0, 0.1) is 0 Å². The van der Waals surface area contributed by atoms with Crippen LogP contribution in [0.3, 0.4) is 0 Å². The van der Waals surface area contributed by atoms with Crippen LogP contribution in [0.1, 0.15) is 0 Å². The average Bonchev–Trinajstić information content (AvgIpc) is 1.81. The minimum Gasteiger partial charge on any atom is -0.713 e. The van der Waals surface area contributed by atoms with Gasteiger partial charge in [0.1, 0.15) is 0 Å². The number of rotatable bonds is 0. The number of halogens is 3. The SMILES string of the molecule is [Ag+].[Hg+2].[S-]I.[S-]I.[S-]I. The predicted octanol–water partition coefficient (Wildman–Crippen LogP) is 2.64. The van der Waals surface area contributed by atoms with Gasteiger partial charge in [-0.05, 0) is 0 Å². The Morgan fingerprint density at radius 2 is 0.625 bits per heavy atom. The Hall–Kier alpha value is 4.92. The summed E-state index contributed by atoms with van der Waals surface area (Å²) in [6.07, 6.45) is 0. The van der Waals surface area contributed by atoms with E-state index in [1.807, 2.05) is 0 Å². The van der Waals surface area contributed by atoms with Gasteiger partial charge in [0, 0.05) is 0 Å². The van der Waals surface area contributed by atoms with Crippen LogP contribution in [0.2, 0.25) is 0 Å². The van der Waals surface area contributed by atoms with Crippen LogP contribution in [0.5, 0.6) is 0 Å². The molecular weight excluding hydrogens is 785 g/mol. The Morgan fingerprint density at radius 1 is 0.625 bits per heavy atom. The molecule has 0 saturated carbocycles. The molecule has 0 rings (SSSR count). The predicted molar refractivity (Wildman–Crippen MR) is 64.2 cm³/mol. The van der Waals surface area contributed by atoms with Gasteiger partial charge in [-0.1, -0.05) is 0 Å². The van der Waals surface area contributed by atoms with Crippen molar-refractivity contribution in [2.24, 2.45) is 0 Å². The summed E-state index contributed by atoms with van der Waals surface area (Å²) < 4.78 is 0. The zero-order chi connectivity index (χ0) is 6.00. The van der Waals surface area contributed by atoms with Crippen molar-refractivity contribution in [3.63, 3.8) is 0 Å². The van der Waals surface area contributed by atoms with Crippen LogP contribution in [0.15, 0.2) is 0 Å². The third-order valence-corrected chi connectivity index (χ3v) is 0. The fourth-order valence-corrected chi connectivity index (χ4v) is 0. The molecule has 0 aromatic carbocycles. The summed E-state index contributed by atoms with van der Waals surface area (Å²) >= 11 is 5.20. The Bertz CT molecular complexity index is 14.5. The largest absolute Gasteiger partial charge is 2.00 e. The van der Waals surface area contributed by atoms with Gasteiger partial charge in [0.2, 0.25) is 0 Å². The Kier molecular flexibility index (Phi) is 215. The molecule has 0 N–H and O–H groups in total. The summed E-state index contributed by atoms with van der Waals surface area (Å²) in [5.74, 6) is 0. The van der Waals surface area contributed by atoms with Crippen molar-refractivity contribution in [1.82, 2.24) is 0 Å². The first-order valence-electron chi connectivity index (χ1n) is 0.463. The molecule has 0 aromatic heterocycles. The molecule has 0 nitrogen and oxygen atoms in total. The van der Waals surface area contributed by atoms with Gasteiger partial charge in [-0.3, -0.25) is 63.6 Å². The van der Waals surface area contributed by atoms with Crippen LogP contribution in [-0.4, -0.2) is 0 Å². The summed E-state index contributed by atoms with van der Waals surface area (Å²) in [5.41, 5.74) is 0. The molecule has 0 aliphatic carbocycles. The van der Waals surface area contributed by atoms with Gasteiger partial charge < -0.3 is 29.4 Å². The molecule has 0 bridgehead atoms. The minimum absolute atomic E-state index is 0. The molecule has 0 aromatic rings. The summed E-state index contributed by atoms with van der Waals surface area (Å²) in [5, 5.41) is 0. The van der Waals surface area contributed by atoms with Crippen LogP contribution in [0.4, 0.5) is 0 Å². The molecule has 0 unspecified atom stereocenters. The standard InChI is InChI=1S/Ag.Hg.3IS/c;;3*1-2/q+1;+2;3*-1. The van der Waals surface area contributed by atoms with Gasteiger partial charge in [-0.15, -0.1) is 0 Å². The second kappa shape index (κ2) is 58.8. The second-order valence-corrected chi connectivity index (χ2v) is 0. The Balaban J connectivity index is -0.00000000500. The quantitative estimate of drug-likeness (QED) is 0.211. The Labute approximate surface area is 139 Å². The zero-order valence-corrected chi connectivity index (χ0v) is 19.3. The van der Waals surface area contributed by atoms with Gasteiger partial charge in [0.25, 0.3) is 0 Å². The first-order valence-corrected chi connectivity index (χ1v) is 9.32.